The molecule has 106 valence electrons. The van der Waals surface area contributed by atoms with Crippen molar-refractivity contribution in [1.29, 1.82) is 0 Å². The predicted octanol–water partition coefficient (Wildman–Crippen LogP) is 4.36. The Kier molecular flexibility index (Phi) is 4.15. The van der Waals surface area contributed by atoms with Gasteiger partial charge in [-0.25, -0.2) is 0 Å². The maximum absolute atomic E-state index is 5.16. The van der Waals surface area contributed by atoms with Gasteiger partial charge in [0.15, 0.2) is 0 Å². The summed E-state index contributed by atoms with van der Waals surface area (Å²) in [6.45, 7) is 0. The molecule has 0 spiro atoms. The Morgan fingerprint density at radius 3 is 2.52 bits per heavy atom. The van der Waals surface area contributed by atoms with E-state index in [1.54, 1.807) is 7.11 Å². The van der Waals surface area contributed by atoms with Crippen LogP contribution >= 0.6 is 0 Å². The molecule has 1 aliphatic heterocycles. The summed E-state index contributed by atoms with van der Waals surface area (Å²) in [7, 11) is 1.68. The van der Waals surface area contributed by atoms with Gasteiger partial charge in [-0.3, -0.25) is 4.99 Å². The van der Waals surface area contributed by atoms with E-state index in [0.29, 0.717) is 6.04 Å². The SMILES string of the molecule is COc1ccc(/C=C/[C@H]2CCC(c3ccccc3)=N2)cc1. The second kappa shape index (κ2) is 6.40. The maximum Gasteiger partial charge on any atom is 0.118 e. The standard InChI is InChI=1S/C19H19NO/c1-21-18-12-8-15(9-13-18)7-10-17-11-14-19(20-17)16-5-3-2-4-6-16/h2-10,12-13,17H,11,14H2,1H3/b10-7+/t17-/m0/s1. The molecule has 0 saturated carbocycles. The van der Waals surface area contributed by atoms with Crippen molar-refractivity contribution < 1.29 is 4.74 Å². The molecule has 2 aromatic carbocycles. The molecule has 0 bridgehead atoms. The minimum absolute atomic E-state index is 0.294. The highest BCUT2D eigenvalue weighted by Crippen LogP contribution is 2.20. The van der Waals surface area contributed by atoms with E-state index in [1.807, 2.05) is 18.2 Å². The largest absolute Gasteiger partial charge is 0.497 e. The number of hydrogen-bond donors (Lipinski definition) is 0. The van der Waals surface area contributed by atoms with Gasteiger partial charge in [-0.05, 0) is 36.1 Å². The van der Waals surface area contributed by atoms with Crippen LogP contribution in [0.4, 0.5) is 0 Å². The van der Waals surface area contributed by atoms with E-state index in [2.05, 4.69) is 48.6 Å². The number of methoxy groups -OCH3 is 1. The zero-order chi connectivity index (χ0) is 14.5. The molecule has 1 aliphatic rings. The highest BCUT2D eigenvalue weighted by Gasteiger charge is 2.15. The third-order valence-electron chi connectivity index (χ3n) is 3.73. The number of hydrogen-bond acceptors (Lipinski definition) is 2. The van der Waals surface area contributed by atoms with E-state index < -0.39 is 0 Å². The van der Waals surface area contributed by atoms with Crippen LogP contribution in [0.1, 0.15) is 24.0 Å². The first-order chi connectivity index (χ1) is 10.3. The third-order valence-corrected chi connectivity index (χ3v) is 3.73. The monoisotopic (exact) mass is 277 g/mol. The second-order valence-corrected chi connectivity index (χ2v) is 5.18. The lowest BCUT2D eigenvalue weighted by molar-refractivity contribution is 0.415. The summed E-state index contributed by atoms with van der Waals surface area (Å²) in [5.41, 5.74) is 3.65. The molecule has 0 aromatic heterocycles. The third kappa shape index (κ3) is 3.40. The molecular weight excluding hydrogens is 258 g/mol. The summed E-state index contributed by atoms with van der Waals surface area (Å²) in [5, 5.41) is 0. The lowest BCUT2D eigenvalue weighted by atomic mass is 10.1. The average Bonchev–Trinajstić information content (AvgIpc) is 3.03. The predicted molar refractivity (Wildman–Crippen MR) is 88.0 cm³/mol. The number of benzene rings is 2. The Bertz CT molecular complexity index is 641. The molecule has 1 atom stereocenters. The molecule has 2 heteroatoms. The van der Waals surface area contributed by atoms with Crippen molar-refractivity contribution >= 4 is 11.8 Å². The summed E-state index contributed by atoms with van der Waals surface area (Å²) in [4.78, 5) is 4.81. The topological polar surface area (TPSA) is 21.6 Å². The van der Waals surface area contributed by atoms with Gasteiger partial charge in [0.2, 0.25) is 0 Å². The van der Waals surface area contributed by atoms with Gasteiger partial charge < -0.3 is 4.74 Å². The summed E-state index contributed by atoms with van der Waals surface area (Å²) in [6, 6.07) is 18.8. The van der Waals surface area contributed by atoms with Crippen LogP contribution in [0.25, 0.3) is 6.08 Å². The average molecular weight is 277 g/mol. The number of nitrogens with zero attached hydrogens (tertiary/aromatic N) is 1. The molecule has 2 aromatic rings. The van der Waals surface area contributed by atoms with Gasteiger partial charge in [-0.2, -0.15) is 0 Å². The van der Waals surface area contributed by atoms with Crippen molar-refractivity contribution in [2.75, 3.05) is 7.11 Å². The van der Waals surface area contributed by atoms with Crippen LogP contribution < -0.4 is 4.74 Å². The van der Waals surface area contributed by atoms with E-state index in [4.69, 9.17) is 9.73 Å². The van der Waals surface area contributed by atoms with Gasteiger partial charge in [0.05, 0.1) is 13.2 Å². The van der Waals surface area contributed by atoms with Crippen molar-refractivity contribution in [3.05, 3.63) is 71.8 Å². The Morgan fingerprint density at radius 1 is 1.05 bits per heavy atom. The highest BCUT2D eigenvalue weighted by atomic mass is 16.5. The van der Waals surface area contributed by atoms with Crippen LogP contribution in [-0.4, -0.2) is 18.9 Å². The van der Waals surface area contributed by atoms with Crippen LogP contribution in [0.5, 0.6) is 5.75 Å². The minimum Gasteiger partial charge on any atom is -0.497 e. The van der Waals surface area contributed by atoms with E-state index in [0.717, 1.165) is 18.6 Å². The first-order valence-electron chi connectivity index (χ1n) is 7.29. The summed E-state index contributed by atoms with van der Waals surface area (Å²) >= 11 is 0. The van der Waals surface area contributed by atoms with Crippen molar-refractivity contribution in [2.45, 2.75) is 18.9 Å². The Balaban J connectivity index is 1.68. The molecule has 0 saturated heterocycles. The first-order valence-corrected chi connectivity index (χ1v) is 7.29. The van der Waals surface area contributed by atoms with Crippen LogP contribution in [-0.2, 0) is 0 Å². The van der Waals surface area contributed by atoms with Crippen LogP contribution in [0.3, 0.4) is 0 Å². The molecule has 0 fully saturated rings. The zero-order valence-electron chi connectivity index (χ0n) is 12.2. The summed E-state index contributed by atoms with van der Waals surface area (Å²) < 4.78 is 5.16. The lowest BCUT2D eigenvalue weighted by Gasteiger charge is -2.01. The highest BCUT2D eigenvalue weighted by molar-refractivity contribution is 6.01. The molecule has 0 N–H and O–H groups in total. The Hall–Kier alpha value is -2.35. The molecule has 3 rings (SSSR count). The van der Waals surface area contributed by atoms with E-state index in [9.17, 15) is 0 Å². The molecule has 0 unspecified atom stereocenters. The molecule has 21 heavy (non-hydrogen) atoms. The van der Waals surface area contributed by atoms with Crippen molar-refractivity contribution in [3.63, 3.8) is 0 Å². The maximum atomic E-state index is 5.16. The number of ether oxygens (including phenoxy) is 1. The fraction of sp³-hybridized carbons (Fsp3) is 0.211. The normalized spacial score (nSPS) is 18.0. The van der Waals surface area contributed by atoms with Crippen molar-refractivity contribution in [2.24, 2.45) is 4.99 Å². The molecule has 2 nitrogen and oxygen atoms in total. The quantitative estimate of drug-likeness (QED) is 0.813. The van der Waals surface area contributed by atoms with Crippen LogP contribution in [0, 0.1) is 0 Å². The van der Waals surface area contributed by atoms with E-state index >= 15 is 0 Å². The van der Waals surface area contributed by atoms with Gasteiger partial charge >= 0.3 is 0 Å². The van der Waals surface area contributed by atoms with Gasteiger partial charge in [-0.15, -0.1) is 0 Å². The van der Waals surface area contributed by atoms with E-state index in [-0.39, 0.29) is 0 Å². The van der Waals surface area contributed by atoms with Gasteiger partial charge in [0, 0.05) is 5.71 Å². The fourth-order valence-corrected chi connectivity index (χ4v) is 2.54. The Labute approximate surface area is 125 Å². The first kappa shape index (κ1) is 13.6. The molecule has 1 heterocycles. The molecule has 0 amide bonds. The van der Waals surface area contributed by atoms with Gasteiger partial charge in [0.1, 0.15) is 5.75 Å². The fourth-order valence-electron chi connectivity index (χ4n) is 2.54. The molecule has 0 aliphatic carbocycles. The minimum atomic E-state index is 0.294. The van der Waals surface area contributed by atoms with Crippen LogP contribution in [0.15, 0.2) is 65.7 Å². The molecule has 0 radical (unpaired) electrons. The van der Waals surface area contributed by atoms with Crippen molar-refractivity contribution in [1.82, 2.24) is 0 Å². The van der Waals surface area contributed by atoms with Gasteiger partial charge in [-0.1, -0.05) is 54.6 Å². The smallest absolute Gasteiger partial charge is 0.118 e. The van der Waals surface area contributed by atoms with Gasteiger partial charge in [0.25, 0.3) is 0 Å². The second-order valence-electron chi connectivity index (χ2n) is 5.18. The zero-order valence-corrected chi connectivity index (χ0v) is 12.2. The molecular formula is C19H19NO. The number of aliphatic imine (C=N–C) groups is 1. The van der Waals surface area contributed by atoms with Crippen LogP contribution in [0.2, 0.25) is 0 Å². The summed E-state index contributed by atoms with van der Waals surface area (Å²) in [6.07, 6.45) is 6.48. The Morgan fingerprint density at radius 2 is 1.81 bits per heavy atom. The summed E-state index contributed by atoms with van der Waals surface area (Å²) in [5.74, 6) is 0.886. The number of rotatable bonds is 4. The lowest BCUT2D eigenvalue weighted by Crippen LogP contribution is -1.94. The van der Waals surface area contributed by atoms with E-state index in [1.165, 1.54) is 16.8 Å². The van der Waals surface area contributed by atoms with Crippen molar-refractivity contribution in [3.8, 4) is 5.75 Å².